The predicted octanol–water partition coefficient (Wildman–Crippen LogP) is 4.12. The van der Waals surface area contributed by atoms with Crippen molar-refractivity contribution in [3.8, 4) is 0 Å². The second kappa shape index (κ2) is 8.57. The van der Waals surface area contributed by atoms with Gasteiger partial charge in [0.1, 0.15) is 5.75 Å². The number of nitrogens with one attached hydrogen (secondary N) is 1. The Morgan fingerprint density at radius 3 is 2.44 bits per heavy atom. The van der Waals surface area contributed by atoms with Gasteiger partial charge in [0, 0.05) is 4.47 Å². The molecule has 0 heterocycles. The van der Waals surface area contributed by atoms with Crippen LogP contribution in [0.4, 0.5) is 0 Å². The van der Waals surface area contributed by atoms with Crippen LogP contribution in [0, 0.1) is 0 Å². The Hall–Kier alpha value is -1.66. The van der Waals surface area contributed by atoms with Gasteiger partial charge in [0.25, 0.3) is 0 Å². The second-order valence-corrected chi connectivity index (χ2v) is 10.2. The zero-order valence-corrected chi connectivity index (χ0v) is 17.8. The molecule has 2 aromatic carbocycles. The van der Waals surface area contributed by atoms with Crippen LogP contribution < -0.4 is 5.32 Å². The maximum absolute atomic E-state index is 12.3. The summed E-state index contributed by atoms with van der Waals surface area (Å²) in [5, 5.41) is 2.83. The molecule has 0 spiro atoms. The summed E-state index contributed by atoms with van der Waals surface area (Å²) in [4.78, 5) is 12.3. The van der Waals surface area contributed by atoms with Gasteiger partial charge in [0.05, 0.1) is 11.8 Å². The summed E-state index contributed by atoms with van der Waals surface area (Å²) in [5.74, 6) is -1.10. The van der Waals surface area contributed by atoms with E-state index in [9.17, 15) is 13.2 Å². The van der Waals surface area contributed by atoms with E-state index >= 15 is 0 Å². The van der Waals surface area contributed by atoms with Gasteiger partial charge in [0.2, 0.25) is 5.91 Å². The fourth-order valence-electron chi connectivity index (χ4n) is 3.47. The molecule has 27 heavy (non-hydrogen) atoms. The molecule has 0 bridgehead atoms. The van der Waals surface area contributed by atoms with Gasteiger partial charge in [-0.2, -0.15) is 0 Å². The number of carbonyl (C=O) groups excluding carboxylic acids is 1. The van der Waals surface area contributed by atoms with Crippen molar-refractivity contribution in [3.63, 3.8) is 0 Å². The van der Waals surface area contributed by atoms with Crippen LogP contribution in [0.2, 0.25) is 0 Å². The van der Waals surface area contributed by atoms with Crippen LogP contribution in [0.15, 0.2) is 46.9 Å². The molecular formula is C21H24BrNO3S. The van der Waals surface area contributed by atoms with Gasteiger partial charge in [-0.05, 0) is 67.0 Å². The average Bonchev–Trinajstić information content (AvgIpc) is 2.62. The molecule has 6 heteroatoms. The van der Waals surface area contributed by atoms with Crippen LogP contribution in [0.25, 0.3) is 0 Å². The molecule has 0 saturated carbocycles. The number of sulfone groups is 1. The first-order chi connectivity index (χ1) is 12.8. The number of hydrogen-bond acceptors (Lipinski definition) is 3. The highest BCUT2D eigenvalue weighted by Gasteiger charge is 2.20. The number of benzene rings is 2. The molecule has 0 aromatic heterocycles. The minimum absolute atomic E-state index is 0.138. The van der Waals surface area contributed by atoms with E-state index in [0.29, 0.717) is 5.56 Å². The number of carbonyl (C=O) groups is 1. The molecule has 1 aliphatic rings. The van der Waals surface area contributed by atoms with Crippen LogP contribution in [0.3, 0.4) is 0 Å². The monoisotopic (exact) mass is 449 g/mol. The van der Waals surface area contributed by atoms with E-state index < -0.39 is 21.5 Å². The van der Waals surface area contributed by atoms with Crippen LogP contribution in [-0.4, -0.2) is 20.1 Å². The summed E-state index contributed by atoms with van der Waals surface area (Å²) >= 11 is 3.32. The lowest BCUT2D eigenvalue weighted by Gasteiger charge is -2.20. The quantitative estimate of drug-likeness (QED) is 0.720. The molecule has 3 rings (SSSR count). The van der Waals surface area contributed by atoms with Crippen LogP contribution in [0.5, 0.6) is 0 Å². The number of fused-ring (bicyclic) bond motifs is 1. The third-order valence-electron chi connectivity index (χ3n) is 4.90. The normalized spacial score (nSPS) is 15.0. The van der Waals surface area contributed by atoms with Crippen LogP contribution >= 0.6 is 15.9 Å². The van der Waals surface area contributed by atoms with Crippen LogP contribution in [0.1, 0.15) is 48.1 Å². The third-order valence-corrected chi connectivity index (χ3v) is 6.90. The Bertz CT molecular complexity index is 923. The van der Waals surface area contributed by atoms with Crippen LogP contribution in [-0.2, 0) is 33.2 Å². The lowest BCUT2D eigenvalue weighted by Crippen LogP contribution is -2.33. The van der Waals surface area contributed by atoms with E-state index in [1.165, 1.54) is 24.0 Å². The zero-order valence-electron chi connectivity index (χ0n) is 15.4. The van der Waals surface area contributed by atoms with Gasteiger partial charge >= 0.3 is 0 Å². The number of amides is 1. The Labute approximate surface area is 169 Å². The first-order valence-corrected chi connectivity index (χ1v) is 11.8. The highest BCUT2D eigenvalue weighted by atomic mass is 79.9. The topological polar surface area (TPSA) is 63.2 Å². The number of hydrogen-bond donors (Lipinski definition) is 1. The Morgan fingerprint density at radius 2 is 1.74 bits per heavy atom. The maximum atomic E-state index is 12.3. The van der Waals surface area contributed by atoms with Gasteiger partial charge in [0.15, 0.2) is 9.84 Å². The van der Waals surface area contributed by atoms with Crippen molar-refractivity contribution in [2.24, 2.45) is 0 Å². The molecule has 1 unspecified atom stereocenters. The SMILES string of the molecule is CC(NC(=O)CS(=O)(=O)Cc1ccc(Br)cc1)c1ccc2c(c1)CCCC2. The Morgan fingerprint density at radius 1 is 1.07 bits per heavy atom. The van der Waals surface area contributed by atoms with E-state index in [1.54, 1.807) is 24.3 Å². The van der Waals surface area contributed by atoms with E-state index in [-0.39, 0.29) is 11.8 Å². The maximum Gasteiger partial charge on any atom is 0.235 e. The second-order valence-electron chi connectivity index (χ2n) is 7.18. The minimum atomic E-state index is -3.52. The number of aryl methyl sites for hydroxylation is 2. The molecule has 4 nitrogen and oxygen atoms in total. The van der Waals surface area contributed by atoms with Gasteiger partial charge in [-0.1, -0.05) is 46.3 Å². The zero-order chi connectivity index (χ0) is 19.4. The number of halogens is 1. The van der Waals surface area contributed by atoms with Crippen molar-refractivity contribution in [2.75, 3.05) is 5.75 Å². The summed E-state index contributed by atoms with van der Waals surface area (Å²) in [6.45, 7) is 1.89. The third kappa shape index (κ3) is 5.66. The predicted molar refractivity (Wildman–Crippen MR) is 111 cm³/mol. The lowest BCUT2D eigenvalue weighted by atomic mass is 9.89. The molecular weight excluding hydrogens is 426 g/mol. The molecule has 1 aliphatic carbocycles. The molecule has 144 valence electrons. The summed E-state index contributed by atoms with van der Waals surface area (Å²) < 4.78 is 25.6. The highest BCUT2D eigenvalue weighted by molar-refractivity contribution is 9.10. The van der Waals surface area contributed by atoms with Crippen molar-refractivity contribution in [2.45, 2.75) is 44.4 Å². The van der Waals surface area contributed by atoms with E-state index in [2.05, 4.69) is 33.4 Å². The summed E-state index contributed by atoms with van der Waals surface area (Å²) in [5.41, 5.74) is 4.44. The molecule has 0 radical (unpaired) electrons. The number of rotatable bonds is 6. The largest absolute Gasteiger partial charge is 0.349 e. The van der Waals surface area contributed by atoms with E-state index in [1.807, 2.05) is 13.0 Å². The first kappa shape index (κ1) is 20.1. The summed E-state index contributed by atoms with van der Waals surface area (Å²) in [6, 6.07) is 13.2. The summed E-state index contributed by atoms with van der Waals surface area (Å²) in [6.07, 6.45) is 4.62. The molecule has 0 aliphatic heterocycles. The fraction of sp³-hybridized carbons (Fsp3) is 0.381. The van der Waals surface area contributed by atoms with Crippen molar-refractivity contribution < 1.29 is 13.2 Å². The molecule has 2 aromatic rings. The van der Waals surface area contributed by atoms with Crippen molar-refractivity contribution in [1.29, 1.82) is 0 Å². The van der Waals surface area contributed by atoms with Crippen molar-refractivity contribution in [3.05, 3.63) is 69.2 Å². The molecule has 0 saturated heterocycles. The molecule has 1 N–H and O–H groups in total. The van der Waals surface area contributed by atoms with Crippen molar-refractivity contribution in [1.82, 2.24) is 5.32 Å². The van der Waals surface area contributed by atoms with Gasteiger partial charge in [-0.15, -0.1) is 0 Å². The van der Waals surface area contributed by atoms with E-state index in [0.717, 1.165) is 22.9 Å². The van der Waals surface area contributed by atoms with Gasteiger partial charge in [-0.25, -0.2) is 8.42 Å². The standard InChI is InChI=1S/C21H24BrNO3S/c1-15(18-9-8-17-4-2-3-5-19(17)12-18)23-21(24)14-27(25,26)13-16-6-10-20(22)11-7-16/h6-12,15H,2-5,13-14H2,1H3,(H,23,24). The first-order valence-electron chi connectivity index (χ1n) is 9.18. The Balaban J connectivity index is 1.60. The van der Waals surface area contributed by atoms with Gasteiger partial charge < -0.3 is 5.32 Å². The highest BCUT2D eigenvalue weighted by Crippen LogP contribution is 2.24. The molecule has 0 fully saturated rings. The van der Waals surface area contributed by atoms with Crippen molar-refractivity contribution >= 4 is 31.7 Å². The van der Waals surface area contributed by atoms with E-state index in [4.69, 9.17) is 0 Å². The molecule has 1 atom stereocenters. The molecule has 1 amide bonds. The lowest BCUT2D eigenvalue weighted by molar-refractivity contribution is -0.119. The minimum Gasteiger partial charge on any atom is -0.349 e. The fourth-order valence-corrected chi connectivity index (χ4v) is 5.02. The van der Waals surface area contributed by atoms with Gasteiger partial charge in [-0.3, -0.25) is 4.79 Å². The average molecular weight is 450 g/mol. The smallest absolute Gasteiger partial charge is 0.235 e. The Kier molecular flexibility index (Phi) is 6.37. The summed E-state index contributed by atoms with van der Waals surface area (Å²) in [7, 11) is -3.52.